The summed E-state index contributed by atoms with van der Waals surface area (Å²) in [5.74, 6) is -1.85. The minimum absolute atomic E-state index is 0.0820. The maximum Gasteiger partial charge on any atom is 0.416 e. The molecule has 0 atom stereocenters. The largest absolute Gasteiger partial charge is 0.460 e. The highest BCUT2D eigenvalue weighted by molar-refractivity contribution is 6.39. The van der Waals surface area contributed by atoms with E-state index in [0.717, 1.165) is 18.2 Å². The van der Waals surface area contributed by atoms with Crippen LogP contribution in [0.4, 0.5) is 13.2 Å². The number of rotatable bonds is 4. The van der Waals surface area contributed by atoms with Gasteiger partial charge in [0.2, 0.25) is 0 Å². The summed E-state index contributed by atoms with van der Waals surface area (Å²) in [5, 5.41) is 0. The summed E-state index contributed by atoms with van der Waals surface area (Å²) < 4.78 is 41.3. The minimum atomic E-state index is -4.40. The van der Waals surface area contributed by atoms with Crippen molar-refractivity contribution in [3.63, 3.8) is 0 Å². The molecule has 0 aliphatic carbocycles. The van der Waals surface area contributed by atoms with Crippen molar-refractivity contribution in [1.29, 1.82) is 0 Å². The van der Waals surface area contributed by atoms with Gasteiger partial charge in [-0.3, -0.25) is 4.79 Å². The number of hydrogen-bond donors (Lipinski definition) is 0. The van der Waals surface area contributed by atoms with Gasteiger partial charge in [-0.05, 0) is 30.7 Å². The number of esters is 1. The summed E-state index contributed by atoms with van der Waals surface area (Å²) >= 11 is 0. The van der Waals surface area contributed by atoms with Crippen molar-refractivity contribution in [1.82, 2.24) is 0 Å². The first-order valence-corrected chi connectivity index (χ1v) is 5.41. The van der Waals surface area contributed by atoms with E-state index in [9.17, 15) is 22.8 Å². The summed E-state index contributed by atoms with van der Waals surface area (Å²) in [4.78, 5) is 22.2. The Bertz CT molecular complexity index is 487. The molecule has 1 aromatic carbocycles. The van der Waals surface area contributed by atoms with Crippen molar-refractivity contribution in [2.75, 3.05) is 6.61 Å². The quantitative estimate of drug-likeness (QED) is 0.481. The number of halogens is 3. The van der Waals surface area contributed by atoms with Crippen LogP contribution in [-0.4, -0.2) is 18.4 Å². The Hall–Kier alpha value is -2.11. The molecule has 0 unspecified atom stereocenters. The van der Waals surface area contributed by atoms with E-state index in [2.05, 4.69) is 4.74 Å². The van der Waals surface area contributed by atoms with Crippen LogP contribution in [0.25, 0.3) is 6.08 Å². The lowest BCUT2D eigenvalue weighted by atomic mass is 10.1. The van der Waals surface area contributed by atoms with Crippen molar-refractivity contribution in [2.24, 2.45) is 0 Å². The number of carbonyl (C=O) groups excluding carboxylic acids is 2. The lowest BCUT2D eigenvalue weighted by Crippen LogP contribution is -2.14. The zero-order chi connectivity index (χ0) is 14.5. The maximum absolute atomic E-state index is 12.3. The Morgan fingerprint density at radius 3 is 2.26 bits per heavy atom. The molecule has 102 valence electrons. The van der Waals surface area contributed by atoms with Crippen LogP contribution < -0.4 is 0 Å². The van der Waals surface area contributed by atoms with E-state index < -0.39 is 23.5 Å². The Morgan fingerprint density at radius 2 is 1.79 bits per heavy atom. The van der Waals surface area contributed by atoms with Gasteiger partial charge in [-0.15, -0.1) is 0 Å². The summed E-state index contributed by atoms with van der Waals surface area (Å²) in [5.41, 5.74) is -0.396. The topological polar surface area (TPSA) is 43.4 Å². The molecule has 1 rings (SSSR count). The standard InChI is InChI=1S/C13H11F3O3/c1-2-19-12(18)11(17)8-5-9-3-6-10(7-4-9)13(14,15)16/h3-8H,2H2,1H3/b8-5+. The van der Waals surface area contributed by atoms with E-state index in [-0.39, 0.29) is 6.61 Å². The van der Waals surface area contributed by atoms with E-state index in [4.69, 9.17) is 0 Å². The summed E-state index contributed by atoms with van der Waals surface area (Å²) in [6.07, 6.45) is -2.19. The van der Waals surface area contributed by atoms with Gasteiger partial charge in [0.25, 0.3) is 5.78 Å². The fourth-order valence-corrected chi connectivity index (χ4v) is 1.23. The van der Waals surface area contributed by atoms with Gasteiger partial charge in [0, 0.05) is 0 Å². The molecular formula is C13H11F3O3. The van der Waals surface area contributed by atoms with Crippen LogP contribution in [0.5, 0.6) is 0 Å². The number of hydrogen-bond acceptors (Lipinski definition) is 3. The van der Waals surface area contributed by atoms with Crippen LogP contribution in [0, 0.1) is 0 Å². The lowest BCUT2D eigenvalue weighted by molar-refractivity contribution is -0.151. The fourth-order valence-electron chi connectivity index (χ4n) is 1.23. The molecule has 3 nitrogen and oxygen atoms in total. The Kier molecular flexibility index (Phi) is 4.86. The highest BCUT2D eigenvalue weighted by atomic mass is 19.4. The molecule has 0 bridgehead atoms. The zero-order valence-electron chi connectivity index (χ0n) is 10.0. The second-order valence-corrected chi connectivity index (χ2v) is 3.54. The molecule has 0 saturated carbocycles. The van der Waals surface area contributed by atoms with Crippen LogP contribution in [0.1, 0.15) is 18.1 Å². The van der Waals surface area contributed by atoms with Gasteiger partial charge in [0.15, 0.2) is 0 Å². The molecular weight excluding hydrogens is 261 g/mol. The summed E-state index contributed by atoms with van der Waals surface area (Å²) in [6, 6.07) is 4.21. The first kappa shape index (κ1) is 14.9. The molecule has 19 heavy (non-hydrogen) atoms. The average Bonchev–Trinajstić information content (AvgIpc) is 2.35. The number of carbonyl (C=O) groups is 2. The van der Waals surface area contributed by atoms with E-state index in [1.165, 1.54) is 18.2 Å². The summed E-state index contributed by atoms with van der Waals surface area (Å²) in [7, 11) is 0. The number of alkyl halides is 3. The van der Waals surface area contributed by atoms with E-state index >= 15 is 0 Å². The third-order valence-electron chi connectivity index (χ3n) is 2.14. The number of ketones is 1. The predicted molar refractivity (Wildman–Crippen MR) is 62.1 cm³/mol. The molecule has 6 heteroatoms. The van der Waals surface area contributed by atoms with Gasteiger partial charge in [-0.2, -0.15) is 13.2 Å². The van der Waals surface area contributed by atoms with Crippen LogP contribution in [0.15, 0.2) is 30.3 Å². The molecule has 0 aliphatic rings. The molecule has 0 saturated heterocycles. The van der Waals surface area contributed by atoms with Crippen LogP contribution in [-0.2, 0) is 20.5 Å². The van der Waals surface area contributed by atoms with E-state index in [0.29, 0.717) is 5.56 Å². The molecule has 0 heterocycles. The summed E-state index contributed by atoms with van der Waals surface area (Å²) in [6.45, 7) is 1.64. The lowest BCUT2D eigenvalue weighted by Gasteiger charge is -2.05. The smallest absolute Gasteiger partial charge is 0.416 e. The van der Waals surface area contributed by atoms with Gasteiger partial charge in [-0.1, -0.05) is 18.2 Å². The Morgan fingerprint density at radius 1 is 1.21 bits per heavy atom. The SMILES string of the molecule is CCOC(=O)C(=O)/C=C/c1ccc(C(F)(F)F)cc1. The second kappa shape index (κ2) is 6.17. The molecule has 0 aromatic heterocycles. The first-order chi connectivity index (χ1) is 8.84. The van der Waals surface area contributed by atoms with Gasteiger partial charge >= 0.3 is 12.1 Å². The predicted octanol–water partition coefficient (Wildman–Crippen LogP) is 2.85. The fraction of sp³-hybridized carbons (Fsp3) is 0.231. The second-order valence-electron chi connectivity index (χ2n) is 3.54. The third kappa shape index (κ3) is 4.57. The third-order valence-corrected chi connectivity index (χ3v) is 2.14. The molecule has 0 radical (unpaired) electrons. The van der Waals surface area contributed by atoms with Crippen molar-refractivity contribution >= 4 is 17.8 Å². The van der Waals surface area contributed by atoms with Gasteiger partial charge in [0.05, 0.1) is 12.2 Å². The number of benzene rings is 1. The Balaban J connectivity index is 2.73. The molecule has 0 fully saturated rings. The van der Waals surface area contributed by atoms with Crippen LogP contribution in [0.2, 0.25) is 0 Å². The van der Waals surface area contributed by atoms with Gasteiger partial charge in [0.1, 0.15) is 0 Å². The Labute approximate surface area is 107 Å². The highest BCUT2D eigenvalue weighted by Gasteiger charge is 2.29. The molecule has 0 amide bonds. The monoisotopic (exact) mass is 272 g/mol. The van der Waals surface area contributed by atoms with Crippen molar-refractivity contribution in [3.05, 3.63) is 41.5 Å². The minimum Gasteiger partial charge on any atom is -0.460 e. The first-order valence-electron chi connectivity index (χ1n) is 5.41. The van der Waals surface area contributed by atoms with Crippen LogP contribution >= 0.6 is 0 Å². The van der Waals surface area contributed by atoms with Crippen LogP contribution in [0.3, 0.4) is 0 Å². The molecule has 0 N–H and O–H groups in total. The van der Waals surface area contributed by atoms with E-state index in [1.54, 1.807) is 6.92 Å². The van der Waals surface area contributed by atoms with Crippen molar-refractivity contribution < 1.29 is 27.5 Å². The van der Waals surface area contributed by atoms with Crippen molar-refractivity contribution in [2.45, 2.75) is 13.1 Å². The molecule has 1 aromatic rings. The van der Waals surface area contributed by atoms with Gasteiger partial charge < -0.3 is 4.74 Å². The molecule has 0 aliphatic heterocycles. The molecule has 0 spiro atoms. The zero-order valence-corrected chi connectivity index (χ0v) is 10.0. The maximum atomic E-state index is 12.3. The average molecular weight is 272 g/mol. The highest BCUT2D eigenvalue weighted by Crippen LogP contribution is 2.29. The normalized spacial score (nSPS) is 11.6. The van der Waals surface area contributed by atoms with E-state index in [1.807, 2.05) is 0 Å². The number of ether oxygens (including phenoxy) is 1. The van der Waals surface area contributed by atoms with Gasteiger partial charge in [-0.25, -0.2) is 4.79 Å². The van der Waals surface area contributed by atoms with Crippen molar-refractivity contribution in [3.8, 4) is 0 Å².